The number of hydrogen-bond donors (Lipinski definition) is 3. The van der Waals surface area contributed by atoms with Crippen molar-refractivity contribution in [2.24, 2.45) is 16.5 Å². The number of benzene rings is 2. The molecule has 5 N–H and O–H groups in total. The molecule has 45 heavy (non-hydrogen) atoms. The van der Waals surface area contributed by atoms with Crippen molar-refractivity contribution in [2.75, 3.05) is 18.5 Å². The lowest BCUT2D eigenvalue weighted by Crippen LogP contribution is -2.63. The second kappa shape index (κ2) is 14.3. The predicted octanol–water partition coefficient (Wildman–Crippen LogP) is 2.45. The van der Waals surface area contributed by atoms with Crippen LogP contribution in [0.1, 0.15) is 54.0 Å². The highest BCUT2D eigenvalue weighted by molar-refractivity contribution is 7.88. The first-order chi connectivity index (χ1) is 21.3. The van der Waals surface area contributed by atoms with Crippen molar-refractivity contribution < 1.29 is 22.8 Å². The van der Waals surface area contributed by atoms with Crippen LogP contribution in [-0.4, -0.2) is 72.5 Å². The quantitative estimate of drug-likeness (QED) is 0.109. The fourth-order valence-corrected chi connectivity index (χ4v) is 7.35. The number of rotatable bonds is 13. The van der Waals surface area contributed by atoms with E-state index in [-0.39, 0.29) is 41.9 Å². The number of thiazole rings is 1. The number of likely N-dealkylation sites (N-methyl/N-ethyl adjacent to an activating group) is 1. The molecule has 1 aliphatic heterocycles. The highest BCUT2D eigenvalue weighted by atomic mass is 32.2. The van der Waals surface area contributed by atoms with Gasteiger partial charge >= 0.3 is 0 Å². The Hall–Kier alpha value is -4.14. The summed E-state index contributed by atoms with van der Waals surface area (Å²) < 4.78 is 28.2. The first-order valence-electron chi connectivity index (χ1n) is 14.5. The van der Waals surface area contributed by atoms with E-state index in [1.165, 1.54) is 18.1 Å². The van der Waals surface area contributed by atoms with E-state index in [2.05, 4.69) is 15.3 Å². The molecule has 0 saturated heterocycles. The first-order valence-corrected chi connectivity index (χ1v) is 17.0. The number of carbonyl (C=O) groups excluding carboxylic acids is 3. The Morgan fingerprint density at radius 2 is 1.84 bits per heavy atom. The minimum atomic E-state index is -3.91. The van der Waals surface area contributed by atoms with Crippen molar-refractivity contribution in [3.05, 3.63) is 82.3 Å². The number of fused-ring (bicyclic) bond motifs is 1. The highest BCUT2D eigenvalue weighted by Crippen LogP contribution is 2.35. The van der Waals surface area contributed by atoms with Crippen LogP contribution < -0.4 is 21.7 Å². The number of carbonyl (C=O) groups is 3. The molecule has 2 atom stereocenters. The number of nitrogens with two attached hydrogens (primary N) is 2. The van der Waals surface area contributed by atoms with E-state index < -0.39 is 39.5 Å². The van der Waals surface area contributed by atoms with Crippen molar-refractivity contribution in [1.29, 1.82) is 0 Å². The molecule has 14 heteroatoms. The summed E-state index contributed by atoms with van der Waals surface area (Å²) in [4.78, 5) is 51.3. The first kappa shape index (κ1) is 33.7. The molecule has 1 aliphatic rings. The number of para-hydroxylation sites is 1. The fraction of sp³-hybridized carbons (Fsp3) is 0.387. The molecule has 3 aromatic rings. The monoisotopic (exact) mass is 653 g/mol. The number of Topliss-reactive ketones (excluding diaryl/α,β-unsaturated/α-hetero) is 1. The highest BCUT2D eigenvalue weighted by Gasteiger charge is 2.46. The van der Waals surface area contributed by atoms with Gasteiger partial charge in [0, 0.05) is 30.9 Å². The molecule has 2 amide bonds. The zero-order valence-electron chi connectivity index (χ0n) is 25.5. The minimum absolute atomic E-state index is 0.0772. The van der Waals surface area contributed by atoms with E-state index in [1.807, 2.05) is 12.1 Å². The minimum Gasteiger partial charge on any atom is -0.370 e. The molecular formula is C31H39N7O5S2. The van der Waals surface area contributed by atoms with Crippen LogP contribution in [0.15, 0.2) is 71.2 Å². The molecule has 0 fully saturated rings. The van der Waals surface area contributed by atoms with E-state index in [0.29, 0.717) is 24.1 Å². The van der Waals surface area contributed by atoms with Gasteiger partial charge in [-0.2, -0.15) is 4.31 Å². The van der Waals surface area contributed by atoms with Gasteiger partial charge in [-0.15, -0.1) is 11.3 Å². The number of hydrogen-bond acceptors (Lipinski definition) is 8. The molecule has 1 aromatic heterocycles. The van der Waals surface area contributed by atoms with E-state index in [1.54, 1.807) is 61.7 Å². The molecule has 2 aromatic carbocycles. The molecule has 12 nitrogen and oxygen atoms in total. The third kappa shape index (κ3) is 7.93. The summed E-state index contributed by atoms with van der Waals surface area (Å²) >= 11 is 1.16. The average Bonchev–Trinajstić information content (AvgIpc) is 3.49. The number of amides is 2. The molecule has 0 aliphatic carbocycles. The number of aliphatic imine (C=N–C) groups is 1. The van der Waals surface area contributed by atoms with E-state index >= 15 is 0 Å². The average molecular weight is 654 g/mol. The van der Waals surface area contributed by atoms with Crippen molar-refractivity contribution in [3.8, 4) is 0 Å². The number of ketones is 1. The van der Waals surface area contributed by atoms with E-state index in [9.17, 15) is 22.8 Å². The van der Waals surface area contributed by atoms with Gasteiger partial charge in [-0.05, 0) is 56.7 Å². The third-order valence-electron chi connectivity index (χ3n) is 7.82. The summed E-state index contributed by atoms with van der Waals surface area (Å²) in [7, 11) is -2.50. The largest absolute Gasteiger partial charge is 0.370 e. The van der Waals surface area contributed by atoms with Crippen LogP contribution in [-0.2, 0) is 31.8 Å². The topological polar surface area (TPSA) is 181 Å². The molecule has 1 unspecified atom stereocenters. The van der Waals surface area contributed by atoms with Gasteiger partial charge in [0.15, 0.2) is 11.0 Å². The number of anilines is 1. The van der Waals surface area contributed by atoms with Crippen molar-refractivity contribution in [2.45, 2.75) is 62.9 Å². The van der Waals surface area contributed by atoms with Crippen LogP contribution in [0.4, 0.5) is 5.69 Å². The smallest absolute Gasteiger partial charge is 0.246 e. The zero-order valence-corrected chi connectivity index (χ0v) is 27.2. The summed E-state index contributed by atoms with van der Waals surface area (Å²) in [6.45, 7) is 3.43. The van der Waals surface area contributed by atoms with Crippen molar-refractivity contribution in [3.63, 3.8) is 0 Å². The normalized spacial score (nSPS) is 16.0. The Balaban J connectivity index is 1.65. The molecule has 0 bridgehead atoms. The fourth-order valence-electron chi connectivity index (χ4n) is 5.32. The van der Waals surface area contributed by atoms with Crippen molar-refractivity contribution in [1.82, 2.24) is 14.6 Å². The number of aromatic nitrogens is 1. The molecule has 240 valence electrons. The Kier molecular flexibility index (Phi) is 10.7. The maximum Gasteiger partial charge on any atom is 0.246 e. The Morgan fingerprint density at radius 3 is 2.51 bits per heavy atom. The van der Waals surface area contributed by atoms with Crippen molar-refractivity contribution >= 4 is 50.6 Å². The standard InChI is InChI=1S/C31H39N7O5S2/c1-31(2,29(41)36-23(13-9-17-35-30(32)33)26(39)27-34-18-19-44-27)38-24-14-8-7-12-22(24)15-16-25(28(38)40)37(3)45(42,43)20-21-10-5-4-6-11-21/h4-8,10-12,14,18-19,23,25H,9,13,15-17,20H2,1-3H3,(H,36,41)(H4,32,33,35)/t23-,25?/m0/s1. The van der Waals surface area contributed by atoms with Gasteiger partial charge in [0.1, 0.15) is 11.6 Å². The number of nitrogens with zero attached hydrogens (tertiary/aromatic N) is 4. The molecule has 4 rings (SSSR count). The van der Waals surface area contributed by atoms with Gasteiger partial charge in [0.05, 0.1) is 11.8 Å². The lowest BCUT2D eigenvalue weighted by molar-refractivity contribution is -0.131. The van der Waals surface area contributed by atoms with Gasteiger partial charge < -0.3 is 16.8 Å². The summed E-state index contributed by atoms with van der Waals surface area (Å²) in [5, 5.41) is 4.76. The van der Waals surface area contributed by atoms with Gasteiger partial charge in [0.25, 0.3) is 0 Å². The molecule has 0 spiro atoms. The van der Waals surface area contributed by atoms with Crippen LogP contribution in [0.5, 0.6) is 0 Å². The van der Waals surface area contributed by atoms with Crippen LogP contribution in [0.3, 0.4) is 0 Å². The van der Waals surface area contributed by atoms with Gasteiger partial charge in [-0.3, -0.25) is 24.3 Å². The zero-order chi connectivity index (χ0) is 32.8. The SMILES string of the molecule is CN(C1CCc2ccccc2N(C(C)(C)C(=O)N[C@@H](CCCN=C(N)N)C(=O)c2nccs2)C1=O)S(=O)(=O)Cc1ccccc1. The summed E-state index contributed by atoms with van der Waals surface area (Å²) in [5.41, 5.74) is 11.2. The van der Waals surface area contributed by atoms with E-state index in [0.717, 1.165) is 21.2 Å². The Labute approximate surface area is 267 Å². The second-order valence-corrected chi connectivity index (χ2v) is 14.3. The molecule has 0 saturated carbocycles. The van der Waals surface area contributed by atoms with Crippen LogP contribution >= 0.6 is 11.3 Å². The lowest BCUT2D eigenvalue weighted by Gasteiger charge is -2.40. The third-order valence-corrected chi connectivity index (χ3v) is 10.4. The maximum atomic E-state index is 14.4. The van der Waals surface area contributed by atoms with Gasteiger partial charge in [-0.1, -0.05) is 48.5 Å². The summed E-state index contributed by atoms with van der Waals surface area (Å²) in [6, 6.07) is 13.9. The summed E-state index contributed by atoms with van der Waals surface area (Å²) in [5.74, 6) is -1.84. The van der Waals surface area contributed by atoms with Crippen LogP contribution in [0.2, 0.25) is 0 Å². The maximum absolute atomic E-state index is 14.4. The van der Waals surface area contributed by atoms with Gasteiger partial charge in [-0.25, -0.2) is 13.4 Å². The Bertz CT molecular complexity index is 1640. The summed E-state index contributed by atoms with van der Waals surface area (Å²) in [6.07, 6.45) is 2.78. The number of guanidine groups is 1. The predicted molar refractivity (Wildman–Crippen MR) is 175 cm³/mol. The van der Waals surface area contributed by atoms with Gasteiger partial charge in [0.2, 0.25) is 27.6 Å². The number of aryl methyl sites for hydroxylation is 1. The van der Waals surface area contributed by atoms with Crippen LogP contribution in [0.25, 0.3) is 0 Å². The number of nitrogens with one attached hydrogen (secondary N) is 1. The Morgan fingerprint density at radius 1 is 1.16 bits per heavy atom. The molecule has 0 radical (unpaired) electrons. The van der Waals surface area contributed by atoms with Crippen LogP contribution in [0, 0.1) is 0 Å². The second-order valence-electron chi connectivity index (χ2n) is 11.4. The lowest BCUT2D eigenvalue weighted by atomic mass is 9.96. The molecular weight excluding hydrogens is 615 g/mol. The number of sulfonamides is 1. The van der Waals surface area contributed by atoms with E-state index in [4.69, 9.17) is 11.5 Å². The molecule has 2 heterocycles.